The molecule has 2 heterocycles. The van der Waals surface area contributed by atoms with E-state index in [4.69, 9.17) is 4.74 Å². The van der Waals surface area contributed by atoms with Gasteiger partial charge in [0.25, 0.3) is 0 Å². The number of aromatic nitrogens is 3. The fourth-order valence-electron chi connectivity index (χ4n) is 1.96. The lowest BCUT2D eigenvalue weighted by Gasteiger charge is -2.01. The van der Waals surface area contributed by atoms with Crippen LogP contribution in [-0.4, -0.2) is 21.6 Å². The first kappa shape index (κ1) is 14.4. The van der Waals surface area contributed by atoms with Gasteiger partial charge in [0, 0.05) is 12.3 Å². The molecule has 3 aromatic rings. The van der Waals surface area contributed by atoms with Crippen molar-refractivity contribution in [2.45, 2.75) is 24.0 Å². The number of fused-ring (bicyclic) bond motifs is 1. The van der Waals surface area contributed by atoms with Crippen molar-refractivity contribution in [2.75, 3.05) is 6.61 Å². The summed E-state index contributed by atoms with van der Waals surface area (Å²) < 4.78 is 6.47. The van der Waals surface area contributed by atoms with Gasteiger partial charge in [-0.15, -0.1) is 0 Å². The minimum atomic E-state index is 0.654. The maximum atomic E-state index is 5.50. The molecule has 6 heteroatoms. The molecule has 0 saturated carbocycles. The Hall–Kier alpha value is -1.53. The molecule has 3 rings (SSSR count). The largest absolute Gasteiger partial charge is 0.494 e. The molecule has 0 aliphatic carbocycles. The second kappa shape index (κ2) is 6.07. The van der Waals surface area contributed by atoms with Gasteiger partial charge < -0.3 is 9.72 Å². The Morgan fingerprint density at radius 3 is 2.95 bits per heavy atom. The minimum absolute atomic E-state index is 0.654. The van der Waals surface area contributed by atoms with Crippen LogP contribution in [0.15, 0.2) is 45.1 Å². The molecule has 0 saturated heterocycles. The third-order valence-electron chi connectivity index (χ3n) is 2.88. The number of rotatable bonds is 4. The number of nitrogens with one attached hydrogen (secondary N) is 1. The highest BCUT2D eigenvalue weighted by Gasteiger charge is 2.09. The number of hydrogen-bond donors (Lipinski definition) is 1. The zero-order valence-electron chi connectivity index (χ0n) is 11.7. The summed E-state index contributed by atoms with van der Waals surface area (Å²) in [5.41, 5.74) is 3.01. The Morgan fingerprint density at radius 1 is 1.33 bits per heavy atom. The molecule has 0 aliphatic rings. The highest BCUT2D eigenvalue weighted by atomic mass is 79.9. The molecule has 0 atom stereocenters. The summed E-state index contributed by atoms with van der Waals surface area (Å²) in [6.07, 6.45) is 1.85. The SMILES string of the molecule is CCOc1ccc2nc(Sc3ncc(C)cc3Br)[nH]c2c1. The van der Waals surface area contributed by atoms with Gasteiger partial charge in [-0.1, -0.05) is 0 Å². The summed E-state index contributed by atoms with van der Waals surface area (Å²) in [5.74, 6) is 0.847. The van der Waals surface area contributed by atoms with Crippen LogP contribution >= 0.6 is 27.7 Å². The van der Waals surface area contributed by atoms with Crippen LogP contribution in [0.1, 0.15) is 12.5 Å². The number of aryl methyl sites for hydroxylation is 1. The summed E-state index contributed by atoms with van der Waals surface area (Å²) in [5, 5.41) is 1.71. The molecule has 0 spiro atoms. The molecule has 2 aromatic heterocycles. The third-order valence-corrected chi connectivity index (χ3v) is 4.65. The summed E-state index contributed by atoms with van der Waals surface area (Å²) in [4.78, 5) is 12.3. The lowest BCUT2D eigenvalue weighted by atomic mass is 10.3. The molecule has 108 valence electrons. The van der Waals surface area contributed by atoms with E-state index < -0.39 is 0 Å². The first-order valence-electron chi connectivity index (χ1n) is 6.58. The summed E-state index contributed by atoms with van der Waals surface area (Å²) in [6, 6.07) is 7.90. The number of ether oxygens (including phenoxy) is 1. The standard InChI is InChI=1S/C15H14BrN3OS/c1-3-20-10-4-5-12-13(7-10)19-15(18-12)21-14-11(16)6-9(2)8-17-14/h4-8H,3H2,1-2H3,(H,18,19). The van der Waals surface area contributed by atoms with E-state index in [1.54, 1.807) is 0 Å². The zero-order valence-corrected chi connectivity index (χ0v) is 14.1. The lowest BCUT2D eigenvalue weighted by Crippen LogP contribution is -1.90. The molecule has 0 bridgehead atoms. The summed E-state index contributed by atoms with van der Waals surface area (Å²) in [7, 11) is 0. The fourth-order valence-corrected chi connectivity index (χ4v) is 3.41. The van der Waals surface area contributed by atoms with Gasteiger partial charge in [0.1, 0.15) is 10.8 Å². The molecule has 4 nitrogen and oxygen atoms in total. The van der Waals surface area contributed by atoms with Gasteiger partial charge in [-0.3, -0.25) is 0 Å². The van der Waals surface area contributed by atoms with Gasteiger partial charge in [-0.2, -0.15) is 0 Å². The highest BCUT2D eigenvalue weighted by Crippen LogP contribution is 2.32. The molecular weight excluding hydrogens is 350 g/mol. The Morgan fingerprint density at radius 2 is 2.19 bits per heavy atom. The monoisotopic (exact) mass is 363 g/mol. The van der Waals surface area contributed by atoms with Gasteiger partial charge in [0.05, 0.1) is 22.1 Å². The number of nitrogens with zero attached hydrogens (tertiary/aromatic N) is 2. The van der Waals surface area contributed by atoms with Crippen LogP contribution in [0.5, 0.6) is 5.75 Å². The first-order valence-corrected chi connectivity index (χ1v) is 8.19. The van der Waals surface area contributed by atoms with Gasteiger partial charge in [0.2, 0.25) is 0 Å². The molecule has 0 fully saturated rings. The van der Waals surface area contributed by atoms with Crippen LogP contribution in [0.25, 0.3) is 11.0 Å². The molecular formula is C15H14BrN3OS. The molecule has 0 amide bonds. The lowest BCUT2D eigenvalue weighted by molar-refractivity contribution is 0.340. The van der Waals surface area contributed by atoms with Crippen LogP contribution < -0.4 is 4.74 Å². The smallest absolute Gasteiger partial charge is 0.172 e. The van der Waals surface area contributed by atoms with E-state index in [2.05, 4.69) is 30.9 Å². The maximum Gasteiger partial charge on any atom is 0.172 e. The summed E-state index contributed by atoms with van der Waals surface area (Å²) >= 11 is 5.04. The van der Waals surface area contributed by atoms with Crippen LogP contribution in [0.2, 0.25) is 0 Å². The van der Waals surface area contributed by atoms with Crippen LogP contribution in [0.4, 0.5) is 0 Å². The van der Waals surface area contributed by atoms with Crippen molar-refractivity contribution in [1.82, 2.24) is 15.0 Å². The third kappa shape index (κ3) is 3.22. The maximum absolute atomic E-state index is 5.50. The second-order valence-corrected chi connectivity index (χ2v) is 6.39. The Kier molecular flexibility index (Phi) is 4.17. The molecule has 0 unspecified atom stereocenters. The molecule has 1 aromatic carbocycles. The number of benzene rings is 1. The van der Waals surface area contributed by atoms with E-state index >= 15 is 0 Å². The van der Waals surface area contributed by atoms with Crippen LogP contribution in [0.3, 0.4) is 0 Å². The number of halogens is 1. The van der Waals surface area contributed by atoms with Gasteiger partial charge in [0.15, 0.2) is 5.16 Å². The number of H-pyrrole nitrogens is 1. The minimum Gasteiger partial charge on any atom is -0.494 e. The number of aromatic amines is 1. The highest BCUT2D eigenvalue weighted by molar-refractivity contribution is 9.10. The van der Waals surface area contributed by atoms with Crippen molar-refractivity contribution in [3.63, 3.8) is 0 Å². The van der Waals surface area contributed by atoms with Gasteiger partial charge in [-0.25, -0.2) is 9.97 Å². The van der Waals surface area contributed by atoms with E-state index in [1.807, 2.05) is 44.3 Å². The quantitative estimate of drug-likeness (QED) is 0.736. The molecule has 21 heavy (non-hydrogen) atoms. The Bertz CT molecular complexity index is 788. The van der Waals surface area contributed by atoms with E-state index in [0.717, 1.165) is 37.0 Å². The van der Waals surface area contributed by atoms with E-state index in [-0.39, 0.29) is 0 Å². The van der Waals surface area contributed by atoms with Crippen molar-refractivity contribution >= 4 is 38.7 Å². The van der Waals surface area contributed by atoms with Crippen molar-refractivity contribution < 1.29 is 4.74 Å². The molecule has 1 N–H and O–H groups in total. The fraction of sp³-hybridized carbons (Fsp3) is 0.200. The Labute approximate surface area is 135 Å². The topological polar surface area (TPSA) is 50.8 Å². The average molecular weight is 364 g/mol. The second-order valence-electron chi connectivity index (χ2n) is 4.56. The average Bonchev–Trinajstić information content (AvgIpc) is 2.84. The van der Waals surface area contributed by atoms with Crippen molar-refractivity contribution in [3.8, 4) is 5.75 Å². The van der Waals surface area contributed by atoms with Crippen LogP contribution in [-0.2, 0) is 0 Å². The predicted octanol–water partition coefficient (Wildman–Crippen LogP) is 4.58. The van der Waals surface area contributed by atoms with Crippen LogP contribution in [0, 0.1) is 6.92 Å². The normalized spacial score (nSPS) is 11.0. The predicted molar refractivity (Wildman–Crippen MR) is 88.1 cm³/mol. The van der Waals surface area contributed by atoms with Crippen molar-refractivity contribution in [3.05, 3.63) is 40.5 Å². The van der Waals surface area contributed by atoms with E-state index in [9.17, 15) is 0 Å². The molecule has 0 radical (unpaired) electrons. The zero-order chi connectivity index (χ0) is 14.8. The van der Waals surface area contributed by atoms with Gasteiger partial charge in [-0.05, 0) is 65.3 Å². The van der Waals surface area contributed by atoms with Crippen molar-refractivity contribution in [1.29, 1.82) is 0 Å². The Balaban J connectivity index is 1.90. The number of hydrogen-bond acceptors (Lipinski definition) is 4. The number of imidazole rings is 1. The van der Waals surface area contributed by atoms with E-state index in [1.165, 1.54) is 11.8 Å². The van der Waals surface area contributed by atoms with Crippen molar-refractivity contribution in [2.24, 2.45) is 0 Å². The first-order chi connectivity index (χ1) is 10.2. The number of pyridine rings is 1. The molecule has 0 aliphatic heterocycles. The van der Waals surface area contributed by atoms with E-state index in [0.29, 0.717) is 6.61 Å². The van der Waals surface area contributed by atoms with Gasteiger partial charge >= 0.3 is 0 Å². The summed E-state index contributed by atoms with van der Waals surface area (Å²) in [6.45, 7) is 4.64.